The van der Waals surface area contributed by atoms with E-state index in [-0.39, 0.29) is 29.3 Å². The Bertz CT molecular complexity index is 763. The predicted molar refractivity (Wildman–Crippen MR) is 109 cm³/mol. The topological polar surface area (TPSA) is 92.5 Å². The summed E-state index contributed by atoms with van der Waals surface area (Å²) in [5.41, 5.74) is 7.01. The Hall–Kier alpha value is -1.15. The Morgan fingerprint density at radius 2 is 1.89 bits per heavy atom. The summed E-state index contributed by atoms with van der Waals surface area (Å²) in [6, 6.07) is 4.94. The van der Waals surface area contributed by atoms with Gasteiger partial charge < -0.3 is 11.1 Å². The zero-order chi connectivity index (χ0) is 18.7. The molecule has 1 aromatic carbocycles. The van der Waals surface area contributed by atoms with E-state index in [0.717, 1.165) is 44.1 Å². The van der Waals surface area contributed by atoms with Crippen molar-refractivity contribution in [2.45, 2.75) is 56.4 Å². The van der Waals surface area contributed by atoms with Crippen molar-refractivity contribution in [2.75, 3.05) is 19.6 Å². The second kappa shape index (κ2) is 9.37. The first-order valence-electron chi connectivity index (χ1n) is 9.55. The van der Waals surface area contributed by atoms with Gasteiger partial charge in [-0.1, -0.05) is 18.9 Å². The summed E-state index contributed by atoms with van der Waals surface area (Å²) in [5.74, 6) is 0.100. The maximum absolute atomic E-state index is 12.9. The molecule has 0 spiro atoms. The molecule has 2 unspecified atom stereocenters. The molecule has 3 N–H and O–H groups in total. The summed E-state index contributed by atoms with van der Waals surface area (Å²) in [5, 5.41) is 3.07. The molecule has 0 bridgehead atoms. The average Bonchev–Trinajstić information content (AvgIpc) is 3.09. The number of aryl methyl sites for hydroxylation is 1. The first kappa shape index (κ1) is 22.1. The highest BCUT2D eigenvalue weighted by molar-refractivity contribution is 7.89. The lowest BCUT2D eigenvalue weighted by Gasteiger charge is -2.26. The molecule has 1 aliphatic carbocycles. The van der Waals surface area contributed by atoms with Gasteiger partial charge in [-0.15, -0.1) is 12.4 Å². The van der Waals surface area contributed by atoms with Crippen molar-refractivity contribution in [3.05, 3.63) is 29.3 Å². The van der Waals surface area contributed by atoms with E-state index in [4.69, 9.17) is 5.73 Å². The summed E-state index contributed by atoms with van der Waals surface area (Å²) in [7, 11) is -3.54. The van der Waals surface area contributed by atoms with Crippen LogP contribution in [0.2, 0.25) is 0 Å². The van der Waals surface area contributed by atoms with Crippen molar-refractivity contribution in [3.63, 3.8) is 0 Å². The number of nitrogens with one attached hydrogen (secondary N) is 1. The lowest BCUT2D eigenvalue weighted by Crippen LogP contribution is -2.40. The van der Waals surface area contributed by atoms with Gasteiger partial charge in [0.05, 0.1) is 4.90 Å². The molecule has 8 heteroatoms. The van der Waals surface area contributed by atoms with E-state index >= 15 is 0 Å². The van der Waals surface area contributed by atoms with Crippen LogP contribution in [0.3, 0.4) is 0 Å². The quantitative estimate of drug-likeness (QED) is 0.772. The lowest BCUT2D eigenvalue weighted by atomic mass is 10.0. The van der Waals surface area contributed by atoms with Crippen molar-refractivity contribution in [3.8, 4) is 0 Å². The number of rotatable bonds is 5. The summed E-state index contributed by atoms with van der Waals surface area (Å²) < 4.78 is 27.3. The third kappa shape index (κ3) is 4.83. The molecule has 2 atom stereocenters. The zero-order valence-electron chi connectivity index (χ0n) is 15.8. The number of amides is 1. The van der Waals surface area contributed by atoms with Crippen LogP contribution in [0.1, 0.15) is 54.4 Å². The molecule has 6 nitrogen and oxygen atoms in total. The summed E-state index contributed by atoms with van der Waals surface area (Å²) in [6.07, 6.45) is 5.87. The molecule has 1 saturated heterocycles. The molecule has 1 aromatic rings. The van der Waals surface area contributed by atoms with E-state index in [1.807, 2.05) is 6.92 Å². The minimum Gasteiger partial charge on any atom is -0.349 e. The number of carbonyl (C=O) groups excluding carboxylic acids is 1. The van der Waals surface area contributed by atoms with E-state index in [2.05, 4.69) is 5.32 Å². The van der Waals surface area contributed by atoms with E-state index in [9.17, 15) is 13.2 Å². The highest BCUT2D eigenvalue weighted by atomic mass is 35.5. The minimum atomic E-state index is -3.54. The predicted octanol–water partition coefficient (Wildman–Crippen LogP) is 2.45. The maximum atomic E-state index is 12.9. The van der Waals surface area contributed by atoms with E-state index < -0.39 is 10.0 Å². The lowest BCUT2D eigenvalue weighted by molar-refractivity contribution is 0.0928. The van der Waals surface area contributed by atoms with Gasteiger partial charge in [-0.2, -0.15) is 4.31 Å². The van der Waals surface area contributed by atoms with Gasteiger partial charge >= 0.3 is 0 Å². The Kier molecular flexibility index (Phi) is 7.68. The number of hydrogen-bond acceptors (Lipinski definition) is 4. The van der Waals surface area contributed by atoms with Crippen LogP contribution in [0.15, 0.2) is 23.1 Å². The number of benzene rings is 1. The number of hydrogen-bond donors (Lipinski definition) is 2. The standard InChI is InChI=1S/C19H29N3O3S.ClH/c1-14-8-9-16(26(24,25)22-10-3-2-4-11-22)12-17(14)19(23)21-18-7-5-6-15(18)13-20;/h8-9,12,15,18H,2-7,10-11,13,20H2,1H3,(H,21,23);1H. The fourth-order valence-corrected chi connectivity index (χ4v) is 5.56. The van der Waals surface area contributed by atoms with Crippen LogP contribution in [-0.2, 0) is 10.0 Å². The number of halogens is 1. The first-order valence-corrected chi connectivity index (χ1v) is 11.0. The smallest absolute Gasteiger partial charge is 0.251 e. The number of nitrogens with zero attached hydrogens (tertiary/aromatic N) is 1. The van der Waals surface area contributed by atoms with Crippen molar-refractivity contribution >= 4 is 28.3 Å². The molecule has 1 amide bonds. The van der Waals surface area contributed by atoms with Crippen LogP contribution in [0, 0.1) is 12.8 Å². The summed E-state index contributed by atoms with van der Waals surface area (Å²) in [6.45, 7) is 3.50. The zero-order valence-corrected chi connectivity index (χ0v) is 17.4. The fourth-order valence-electron chi connectivity index (χ4n) is 4.02. The number of piperidine rings is 1. The molecule has 0 aromatic heterocycles. The van der Waals surface area contributed by atoms with E-state index in [1.54, 1.807) is 12.1 Å². The number of nitrogens with two attached hydrogens (primary N) is 1. The molecule has 2 aliphatic rings. The van der Waals surface area contributed by atoms with Crippen LogP contribution in [-0.4, -0.2) is 44.3 Å². The van der Waals surface area contributed by atoms with E-state index in [0.29, 0.717) is 31.1 Å². The van der Waals surface area contributed by atoms with Gasteiger partial charge in [0.2, 0.25) is 10.0 Å². The van der Waals surface area contributed by atoms with Gasteiger partial charge in [0.1, 0.15) is 0 Å². The Balaban J connectivity index is 0.00000261. The highest BCUT2D eigenvalue weighted by Gasteiger charge is 2.30. The molecule has 152 valence electrons. The Morgan fingerprint density at radius 3 is 2.56 bits per heavy atom. The first-order chi connectivity index (χ1) is 12.4. The van der Waals surface area contributed by atoms with Crippen molar-refractivity contribution < 1.29 is 13.2 Å². The summed E-state index contributed by atoms with van der Waals surface area (Å²) >= 11 is 0. The second-order valence-corrected chi connectivity index (χ2v) is 9.39. The monoisotopic (exact) mass is 415 g/mol. The van der Waals surface area contributed by atoms with Gasteiger partial charge in [0.25, 0.3) is 5.91 Å². The molecule has 0 radical (unpaired) electrons. The normalized spacial score (nSPS) is 23.6. The molecule has 2 fully saturated rings. The Labute approximate surface area is 168 Å². The van der Waals surface area contributed by atoms with Gasteiger partial charge in [-0.25, -0.2) is 8.42 Å². The Morgan fingerprint density at radius 1 is 1.19 bits per heavy atom. The van der Waals surface area contributed by atoms with Crippen LogP contribution in [0.4, 0.5) is 0 Å². The molecular weight excluding hydrogens is 386 g/mol. The fraction of sp³-hybridized carbons (Fsp3) is 0.632. The largest absolute Gasteiger partial charge is 0.349 e. The maximum Gasteiger partial charge on any atom is 0.251 e. The van der Waals surface area contributed by atoms with Crippen molar-refractivity contribution in [1.29, 1.82) is 0 Å². The van der Waals surface area contributed by atoms with E-state index in [1.165, 1.54) is 10.4 Å². The highest BCUT2D eigenvalue weighted by Crippen LogP contribution is 2.26. The van der Waals surface area contributed by atoms with Gasteiger partial charge in [-0.3, -0.25) is 4.79 Å². The molecule has 1 aliphatic heterocycles. The van der Waals surface area contributed by atoms with Crippen LogP contribution < -0.4 is 11.1 Å². The third-order valence-electron chi connectivity index (χ3n) is 5.68. The molecule has 3 rings (SSSR count). The summed E-state index contributed by atoms with van der Waals surface area (Å²) in [4.78, 5) is 13.0. The van der Waals surface area contributed by atoms with Crippen LogP contribution >= 0.6 is 12.4 Å². The van der Waals surface area contributed by atoms with Crippen LogP contribution in [0.5, 0.6) is 0 Å². The van der Waals surface area contributed by atoms with Gasteiger partial charge in [0.15, 0.2) is 0 Å². The molecule has 27 heavy (non-hydrogen) atoms. The van der Waals surface area contributed by atoms with Crippen LogP contribution in [0.25, 0.3) is 0 Å². The molecular formula is C19H30ClN3O3S. The molecule has 1 saturated carbocycles. The van der Waals surface area contributed by atoms with Crippen molar-refractivity contribution in [1.82, 2.24) is 9.62 Å². The minimum absolute atomic E-state index is 0. The van der Waals surface area contributed by atoms with Crippen molar-refractivity contribution in [2.24, 2.45) is 11.7 Å². The second-order valence-electron chi connectivity index (χ2n) is 7.45. The number of carbonyl (C=O) groups is 1. The average molecular weight is 416 g/mol. The SMILES string of the molecule is Cc1ccc(S(=O)(=O)N2CCCCC2)cc1C(=O)NC1CCCC1CN.Cl. The molecule has 1 heterocycles. The third-order valence-corrected chi connectivity index (χ3v) is 7.58. The number of sulfonamides is 1. The van der Waals surface area contributed by atoms with Gasteiger partial charge in [0, 0.05) is 24.7 Å². The van der Waals surface area contributed by atoms with Gasteiger partial charge in [-0.05, 0) is 62.8 Å².